The predicted molar refractivity (Wildman–Crippen MR) is 110 cm³/mol. The van der Waals surface area contributed by atoms with E-state index in [9.17, 15) is 18.0 Å². The molecule has 3 aromatic rings. The Balaban J connectivity index is 1.59. The van der Waals surface area contributed by atoms with Crippen molar-refractivity contribution in [3.63, 3.8) is 0 Å². The number of amides is 1. The highest BCUT2D eigenvalue weighted by Gasteiger charge is 2.32. The quantitative estimate of drug-likeness (QED) is 0.599. The minimum absolute atomic E-state index is 0.0656. The van der Waals surface area contributed by atoms with Crippen molar-refractivity contribution in [2.75, 3.05) is 25.1 Å². The van der Waals surface area contributed by atoms with Crippen LogP contribution in [0.1, 0.15) is 29.0 Å². The fraction of sp³-hybridized carbons (Fsp3) is 0.381. The summed E-state index contributed by atoms with van der Waals surface area (Å²) in [7, 11) is 1.75. The molecule has 12 heteroatoms. The maximum Gasteiger partial charge on any atom is 0.433 e. The monoisotopic (exact) mass is 462 g/mol. The first kappa shape index (κ1) is 22.6. The number of nitrogens with one attached hydrogen (secondary N) is 1. The summed E-state index contributed by atoms with van der Waals surface area (Å²) in [6, 6.07) is 3.37. The second kappa shape index (κ2) is 9.53. The van der Waals surface area contributed by atoms with E-state index in [1.807, 2.05) is 0 Å². The van der Waals surface area contributed by atoms with Gasteiger partial charge in [0.2, 0.25) is 5.88 Å². The van der Waals surface area contributed by atoms with E-state index in [1.54, 1.807) is 24.0 Å². The number of hydrogen-bond acceptors (Lipinski definition) is 7. The highest BCUT2D eigenvalue weighted by Crippen LogP contribution is 2.29. The van der Waals surface area contributed by atoms with Crippen LogP contribution in [-0.2, 0) is 18.0 Å². The number of imidazole rings is 1. The van der Waals surface area contributed by atoms with Gasteiger partial charge in [-0.2, -0.15) is 18.2 Å². The molecule has 0 radical (unpaired) electrons. The van der Waals surface area contributed by atoms with Gasteiger partial charge in [-0.05, 0) is 30.9 Å². The van der Waals surface area contributed by atoms with Gasteiger partial charge in [0.25, 0.3) is 5.91 Å². The Morgan fingerprint density at radius 1 is 1.21 bits per heavy atom. The van der Waals surface area contributed by atoms with Gasteiger partial charge in [-0.25, -0.2) is 9.97 Å². The predicted octanol–water partition coefficient (Wildman–Crippen LogP) is 3.35. The summed E-state index contributed by atoms with van der Waals surface area (Å²) in [4.78, 5) is 29.0. The Labute approximate surface area is 187 Å². The van der Waals surface area contributed by atoms with E-state index in [4.69, 9.17) is 9.47 Å². The second-order valence-electron chi connectivity index (χ2n) is 7.53. The molecular formula is C21H21F3N6O3. The Bertz CT molecular complexity index is 1130. The number of rotatable bonds is 6. The lowest BCUT2D eigenvalue weighted by molar-refractivity contribution is -0.141. The zero-order valence-electron chi connectivity index (χ0n) is 17.7. The van der Waals surface area contributed by atoms with E-state index in [0.29, 0.717) is 31.6 Å². The van der Waals surface area contributed by atoms with E-state index < -0.39 is 17.8 Å². The standard InChI is InChI=1S/C21H21F3N6O3/c1-30-7-6-26-19(30)18-28-15(11-17(29-18)33-12-13-3-8-32-9-4-13)20(31)27-14-2-5-25-16(10-14)21(22,23)24/h2,5-7,10-11,13H,3-4,8-9,12H2,1H3,(H,25,27,31). The molecule has 0 aliphatic carbocycles. The van der Waals surface area contributed by atoms with E-state index >= 15 is 0 Å². The van der Waals surface area contributed by atoms with Crippen molar-refractivity contribution in [3.8, 4) is 17.5 Å². The molecule has 1 aliphatic rings. The molecule has 4 heterocycles. The van der Waals surface area contributed by atoms with Crippen LogP contribution in [0.15, 0.2) is 36.8 Å². The molecule has 0 saturated carbocycles. The van der Waals surface area contributed by atoms with Gasteiger partial charge in [0.1, 0.15) is 11.4 Å². The zero-order valence-corrected chi connectivity index (χ0v) is 17.7. The number of aromatic nitrogens is 5. The molecule has 174 valence electrons. The lowest BCUT2D eigenvalue weighted by Gasteiger charge is -2.21. The molecule has 0 bridgehead atoms. The first-order valence-corrected chi connectivity index (χ1v) is 10.2. The molecule has 1 amide bonds. The second-order valence-corrected chi connectivity index (χ2v) is 7.53. The topological polar surface area (TPSA) is 104 Å². The van der Waals surface area contributed by atoms with Crippen LogP contribution in [0, 0.1) is 5.92 Å². The van der Waals surface area contributed by atoms with Crippen LogP contribution in [0.5, 0.6) is 5.88 Å². The molecule has 33 heavy (non-hydrogen) atoms. The van der Waals surface area contributed by atoms with Gasteiger partial charge in [-0.3, -0.25) is 9.78 Å². The summed E-state index contributed by atoms with van der Waals surface area (Å²) < 4.78 is 51.7. The maximum absolute atomic E-state index is 12.9. The molecule has 9 nitrogen and oxygen atoms in total. The third kappa shape index (κ3) is 5.64. The Kier molecular flexibility index (Phi) is 6.54. The SMILES string of the molecule is Cn1ccnc1-c1nc(OCC2CCOCC2)cc(C(=O)Nc2ccnc(C(F)(F)F)c2)n1. The molecule has 1 N–H and O–H groups in total. The van der Waals surface area contributed by atoms with Gasteiger partial charge in [0.15, 0.2) is 11.6 Å². The van der Waals surface area contributed by atoms with Crippen LogP contribution < -0.4 is 10.1 Å². The van der Waals surface area contributed by atoms with Crippen molar-refractivity contribution in [1.29, 1.82) is 0 Å². The zero-order chi connectivity index (χ0) is 23.4. The van der Waals surface area contributed by atoms with Crippen LogP contribution in [0.4, 0.5) is 18.9 Å². The van der Waals surface area contributed by atoms with Crippen LogP contribution in [0.3, 0.4) is 0 Å². The molecular weight excluding hydrogens is 441 g/mol. The minimum atomic E-state index is -4.63. The number of halogens is 3. The number of aryl methyl sites for hydroxylation is 1. The smallest absolute Gasteiger partial charge is 0.433 e. The highest BCUT2D eigenvalue weighted by atomic mass is 19.4. The molecule has 1 fully saturated rings. The highest BCUT2D eigenvalue weighted by molar-refractivity contribution is 6.03. The largest absolute Gasteiger partial charge is 0.477 e. The van der Waals surface area contributed by atoms with Crippen LogP contribution in [0.2, 0.25) is 0 Å². The van der Waals surface area contributed by atoms with Crippen molar-refractivity contribution in [2.45, 2.75) is 19.0 Å². The number of pyridine rings is 1. The van der Waals surface area contributed by atoms with E-state index in [0.717, 1.165) is 25.1 Å². The number of carbonyl (C=O) groups excluding carboxylic acids is 1. The summed E-state index contributed by atoms with van der Waals surface area (Å²) in [6.45, 7) is 1.71. The van der Waals surface area contributed by atoms with Crippen molar-refractivity contribution < 1.29 is 27.4 Å². The average Bonchev–Trinajstić information content (AvgIpc) is 3.24. The van der Waals surface area contributed by atoms with Crippen molar-refractivity contribution in [2.24, 2.45) is 13.0 Å². The number of anilines is 1. The molecule has 0 aromatic carbocycles. The van der Waals surface area contributed by atoms with E-state index in [2.05, 4.69) is 25.3 Å². The fourth-order valence-electron chi connectivity index (χ4n) is 3.27. The van der Waals surface area contributed by atoms with Crippen molar-refractivity contribution in [3.05, 3.63) is 48.2 Å². The molecule has 0 unspecified atom stereocenters. The molecule has 4 rings (SSSR count). The van der Waals surface area contributed by atoms with Crippen molar-refractivity contribution in [1.82, 2.24) is 24.5 Å². The molecule has 1 saturated heterocycles. The summed E-state index contributed by atoms with van der Waals surface area (Å²) in [6.07, 6.45) is 1.31. The summed E-state index contributed by atoms with van der Waals surface area (Å²) in [5.74, 6) is 0.306. The van der Waals surface area contributed by atoms with Gasteiger partial charge < -0.3 is 19.4 Å². The Morgan fingerprint density at radius 3 is 2.70 bits per heavy atom. The summed E-state index contributed by atoms with van der Waals surface area (Å²) in [5, 5.41) is 2.42. The average molecular weight is 462 g/mol. The molecule has 3 aromatic heterocycles. The minimum Gasteiger partial charge on any atom is -0.477 e. The molecule has 0 spiro atoms. The van der Waals surface area contributed by atoms with E-state index in [-0.39, 0.29) is 23.1 Å². The lowest BCUT2D eigenvalue weighted by atomic mass is 10.0. The summed E-state index contributed by atoms with van der Waals surface area (Å²) >= 11 is 0. The number of carbonyl (C=O) groups is 1. The van der Waals surface area contributed by atoms with E-state index in [1.165, 1.54) is 12.1 Å². The first-order valence-electron chi connectivity index (χ1n) is 10.2. The molecule has 1 aliphatic heterocycles. The number of alkyl halides is 3. The third-order valence-corrected chi connectivity index (χ3v) is 5.07. The van der Waals surface area contributed by atoms with Crippen LogP contribution >= 0.6 is 0 Å². The van der Waals surface area contributed by atoms with Crippen molar-refractivity contribution >= 4 is 11.6 Å². The van der Waals surface area contributed by atoms with Crippen LogP contribution in [-0.4, -0.2) is 50.2 Å². The maximum atomic E-state index is 12.9. The van der Waals surface area contributed by atoms with Crippen LogP contribution in [0.25, 0.3) is 11.6 Å². The van der Waals surface area contributed by atoms with Gasteiger partial charge in [0.05, 0.1) is 6.61 Å². The van der Waals surface area contributed by atoms with Gasteiger partial charge in [-0.1, -0.05) is 0 Å². The fourth-order valence-corrected chi connectivity index (χ4v) is 3.27. The number of ether oxygens (including phenoxy) is 2. The third-order valence-electron chi connectivity index (χ3n) is 5.07. The summed E-state index contributed by atoms with van der Waals surface area (Å²) in [5.41, 5.74) is -1.25. The molecule has 0 atom stereocenters. The number of nitrogens with zero attached hydrogens (tertiary/aromatic N) is 5. The Morgan fingerprint density at radius 2 is 2.00 bits per heavy atom. The van der Waals surface area contributed by atoms with Gasteiger partial charge >= 0.3 is 6.18 Å². The Hall–Kier alpha value is -3.54. The number of hydrogen-bond donors (Lipinski definition) is 1. The lowest BCUT2D eigenvalue weighted by Crippen LogP contribution is -2.22. The first-order chi connectivity index (χ1) is 15.8. The van der Waals surface area contributed by atoms with Gasteiger partial charge in [0, 0.05) is 50.6 Å². The normalized spacial score (nSPS) is 14.8. The van der Waals surface area contributed by atoms with Gasteiger partial charge in [-0.15, -0.1) is 0 Å².